The Morgan fingerprint density at radius 2 is 1.93 bits per heavy atom. The zero-order chi connectivity index (χ0) is 18.6. The molecule has 3 aromatic rings. The molecule has 0 atom stereocenters. The number of hydrogen-bond acceptors (Lipinski definition) is 6. The van der Waals surface area contributed by atoms with Gasteiger partial charge in [-0.3, -0.25) is 4.79 Å². The van der Waals surface area contributed by atoms with E-state index in [-0.39, 0.29) is 24.1 Å². The number of thioether (sulfide) groups is 1. The molecule has 0 saturated carbocycles. The van der Waals surface area contributed by atoms with Gasteiger partial charge in [-0.15, -0.1) is 10.2 Å². The highest BCUT2D eigenvalue weighted by atomic mass is 32.2. The van der Waals surface area contributed by atoms with Crippen LogP contribution in [0.15, 0.2) is 59.6 Å². The number of fused-ring (bicyclic) bond motifs is 1. The standard InChI is InChI=1S/C19H14FN3O3S/c20-13-3-1-2-4-15(13)21-18(24)10-27-19-8-6-14(22-23-19)12-5-7-16-17(9-12)26-11-25-16/h1-9H,10-11H2,(H,21,24). The monoisotopic (exact) mass is 383 g/mol. The number of halogens is 1. The second-order valence-electron chi connectivity index (χ2n) is 5.64. The van der Waals surface area contributed by atoms with Crippen molar-refractivity contribution in [2.45, 2.75) is 5.03 Å². The van der Waals surface area contributed by atoms with Crippen molar-refractivity contribution in [2.75, 3.05) is 17.9 Å². The van der Waals surface area contributed by atoms with Gasteiger partial charge in [0.15, 0.2) is 11.5 Å². The average Bonchev–Trinajstić information content (AvgIpc) is 3.16. The van der Waals surface area contributed by atoms with E-state index in [2.05, 4.69) is 15.5 Å². The van der Waals surface area contributed by atoms with Crippen molar-refractivity contribution in [3.8, 4) is 22.8 Å². The fourth-order valence-electron chi connectivity index (χ4n) is 2.50. The Hall–Kier alpha value is -3.13. The van der Waals surface area contributed by atoms with Crippen LogP contribution in [0.1, 0.15) is 0 Å². The molecular formula is C19H14FN3O3S. The van der Waals surface area contributed by atoms with Crippen LogP contribution in [0.2, 0.25) is 0 Å². The van der Waals surface area contributed by atoms with E-state index in [0.29, 0.717) is 22.2 Å². The molecule has 1 aliphatic rings. The molecule has 2 heterocycles. The third-order valence-electron chi connectivity index (χ3n) is 3.81. The Kier molecular flexibility index (Phi) is 4.88. The number of ether oxygens (including phenoxy) is 2. The van der Waals surface area contributed by atoms with Crippen LogP contribution in [-0.4, -0.2) is 28.7 Å². The van der Waals surface area contributed by atoms with Crippen LogP contribution in [0.4, 0.5) is 10.1 Å². The largest absolute Gasteiger partial charge is 0.454 e. The number of rotatable bonds is 5. The number of benzene rings is 2. The first-order chi connectivity index (χ1) is 13.2. The van der Waals surface area contributed by atoms with Gasteiger partial charge in [0.2, 0.25) is 12.7 Å². The van der Waals surface area contributed by atoms with E-state index in [4.69, 9.17) is 9.47 Å². The first kappa shape index (κ1) is 17.3. The van der Waals surface area contributed by atoms with Crippen molar-refractivity contribution in [1.82, 2.24) is 10.2 Å². The maximum Gasteiger partial charge on any atom is 0.234 e. The molecule has 0 spiro atoms. The molecule has 0 unspecified atom stereocenters. The summed E-state index contributed by atoms with van der Waals surface area (Å²) in [5.74, 6) is 0.708. The Labute approximate surface area is 158 Å². The van der Waals surface area contributed by atoms with Crippen LogP contribution in [0.5, 0.6) is 11.5 Å². The Morgan fingerprint density at radius 3 is 2.74 bits per heavy atom. The molecule has 0 radical (unpaired) electrons. The smallest absolute Gasteiger partial charge is 0.234 e. The highest BCUT2D eigenvalue weighted by molar-refractivity contribution is 7.99. The number of carbonyl (C=O) groups is 1. The number of para-hydroxylation sites is 1. The summed E-state index contributed by atoms with van der Waals surface area (Å²) in [7, 11) is 0. The van der Waals surface area contributed by atoms with E-state index in [0.717, 1.165) is 5.56 Å². The molecule has 0 fully saturated rings. The van der Waals surface area contributed by atoms with Gasteiger partial charge in [-0.1, -0.05) is 23.9 Å². The minimum Gasteiger partial charge on any atom is -0.454 e. The molecule has 1 amide bonds. The number of aromatic nitrogens is 2. The van der Waals surface area contributed by atoms with E-state index >= 15 is 0 Å². The fraction of sp³-hybridized carbons (Fsp3) is 0.105. The molecule has 27 heavy (non-hydrogen) atoms. The van der Waals surface area contributed by atoms with Crippen molar-refractivity contribution in [2.24, 2.45) is 0 Å². The molecular weight excluding hydrogens is 369 g/mol. The summed E-state index contributed by atoms with van der Waals surface area (Å²) >= 11 is 1.22. The van der Waals surface area contributed by atoms with Crippen LogP contribution in [0, 0.1) is 5.82 Å². The zero-order valence-electron chi connectivity index (χ0n) is 14.0. The van der Waals surface area contributed by atoms with Gasteiger partial charge in [-0.25, -0.2) is 4.39 Å². The molecule has 1 aliphatic heterocycles. The summed E-state index contributed by atoms with van der Waals surface area (Å²) in [6.45, 7) is 0.217. The third kappa shape index (κ3) is 4.01. The summed E-state index contributed by atoms with van der Waals surface area (Å²) in [6, 6.07) is 15.2. The van der Waals surface area contributed by atoms with Crippen LogP contribution >= 0.6 is 11.8 Å². The SMILES string of the molecule is O=C(CSc1ccc(-c2ccc3c(c2)OCO3)nn1)Nc1ccccc1F. The van der Waals surface area contributed by atoms with Crippen molar-refractivity contribution in [1.29, 1.82) is 0 Å². The quantitative estimate of drug-likeness (QED) is 0.677. The highest BCUT2D eigenvalue weighted by Gasteiger charge is 2.14. The van der Waals surface area contributed by atoms with Gasteiger partial charge in [0.25, 0.3) is 0 Å². The Balaban J connectivity index is 1.37. The topological polar surface area (TPSA) is 73.3 Å². The summed E-state index contributed by atoms with van der Waals surface area (Å²) in [4.78, 5) is 12.0. The molecule has 1 N–H and O–H groups in total. The number of nitrogens with one attached hydrogen (secondary N) is 1. The highest BCUT2D eigenvalue weighted by Crippen LogP contribution is 2.35. The van der Waals surface area contributed by atoms with Crippen LogP contribution < -0.4 is 14.8 Å². The fourth-order valence-corrected chi connectivity index (χ4v) is 3.11. The lowest BCUT2D eigenvalue weighted by Crippen LogP contribution is -2.15. The van der Waals surface area contributed by atoms with E-state index < -0.39 is 5.82 Å². The van der Waals surface area contributed by atoms with E-state index in [1.54, 1.807) is 18.2 Å². The maximum absolute atomic E-state index is 13.5. The van der Waals surface area contributed by atoms with Gasteiger partial charge >= 0.3 is 0 Å². The van der Waals surface area contributed by atoms with Gasteiger partial charge in [0, 0.05) is 5.56 Å². The van der Waals surface area contributed by atoms with Gasteiger partial charge in [0.05, 0.1) is 17.1 Å². The lowest BCUT2D eigenvalue weighted by Gasteiger charge is -2.06. The molecule has 136 valence electrons. The summed E-state index contributed by atoms with van der Waals surface area (Å²) in [5, 5.41) is 11.5. The molecule has 0 bridgehead atoms. The van der Waals surface area contributed by atoms with E-state index in [1.165, 1.54) is 23.9 Å². The number of amides is 1. The lowest BCUT2D eigenvalue weighted by molar-refractivity contribution is -0.113. The number of carbonyl (C=O) groups excluding carboxylic acids is 1. The maximum atomic E-state index is 13.5. The molecule has 8 heteroatoms. The zero-order valence-corrected chi connectivity index (χ0v) is 14.8. The molecule has 0 saturated heterocycles. The van der Waals surface area contributed by atoms with Gasteiger partial charge < -0.3 is 14.8 Å². The van der Waals surface area contributed by atoms with Gasteiger partial charge in [0.1, 0.15) is 10.8 Å². The Bertz CT molecular complexity index is 982. The first-order valence-electron chi connectivity index (χ1n) is 8.10. The minimum absolute atomic E-state index is 0.104. The molecule has 2 aromatic carbocycles. The molecule has 1 aromatic heterocycles. The van der Waals surface area contributed by atoms with Crippen LogP contribution in [0.25, 0.3) is 11.3 Å². The van der Waals surface area contributed by atoms with Gasteiger partial charge in [-0.05, 0) is 42.5 Å². The van der Waals surface area contributed by atoms with Gasteiger partial charge in [-0.2, -0.15) is 0 Å². The third-order valence-corrected chi connectivity index (χ3v) is 4.73. The van der Waals surface area contributed by atoms with Crippen molar-refractivity contribution in [3.63, 3.8) is 0 Å². The second kappa shape index (κ2) is 7.63. The summed E-state index contributed by atoms with van der Waals surface area (Å²) in [5.41, 5.74) is 1.71. The molecule has 6 nitrogen and oxygen atoms in total. The van der Waals surface area contributed by atoms with Crippen LogP contribution in [0.3, 0.4) is 0 Å². The lowest BCUT2D eigenvalue weighted by atomic mass is 10.1. The summed E-state index contributed by atoms with van der Waals surface area (Å²) in [6.07, 6.45) is 0. The van der Waals surface area contributed by atoms with Crippen LogP contribution in [-0.2, 0) is 4.79 Å². The molecule has 0 aliphatic carbocycles. The van der Waals surface area contributed by atoms with Crippen molar-refractivity contribution < 1.29 is 18.7 Å². The number of anilines is 1. The summed E-state index contributed by atoms with van der Waals surface area (Å²) < 4.78 is 24.2. The number of nitrogens with zero attached hydrogens (tertiary/aromatic N) is 2. The Morgan fingerprint density at radius 1 is 1.07 bits per heavy atom. The van der Waals surface area contributed by atoms with E-state index in [9.17, 15) is 9.18 Å². The predicted molar refractivity (Wildman–Crippen MR) is 99.3 cm³/mol. The van der Waals surface area contributed by atoms with E-state index in [1.807, 2.05) is 24.3 Å². The normalized spacial score (nSPS) is 12.0. The minimum atomic E-state index is -0.469. The average molecular weight is 383 g/mol. The van der Waals surface area contributed by atoms with Crippen molar-refractivity contribution >= 4 is 23.4 Å². The second-order valence-corrected chi connectivity index (χ2v) is 6.64. The predicted octanol–water partition coefficient (Wildman–Crippen LogP) is 3.74. The van der Waals surface area contributed by atoms with Crippen molar-refractivity contribution in [3.05, 3.63) is 60.4 Å². The molecule has 4 rings (SSSR count). The first-order valence-corrected chi connectivity index (χ1v) is 9.08. The number of hydrogen-bond donors (Lipinski definition) is 1.